The fourth-order valence-corrected chi connectivity index (χ4v) is 2.37. The van der Waals surface area contributed by atoms with Gasteiger partial charge in [0.2, 0.25) is 0 Å². The second-order valence-corrected chi connectivity index (χ2v) is 5.42. The zero-order chi connectivity index (χ0) is 14.5. The number of rotatable bonds is 11. The lowest BCUT2D eigenvalue weighted by Crippen LogP contribution is -2.09. The van der Waals surface area contributed by atoms with Crippen molar-refractivity contribution in [1.29, 1.82) is 0 Å². The third-order valence-electron chi connectivity index (χ3n) is 3.60. The van der Waals surface area contributed by atoms with Gasteiger partial charge in [-0.25, -0.2) is 0 Å². The van der Waals surface area contributed by atoms with Gasteiger partial charge in [-0.15, -0.1) is 0 Å². The third kappa shape index (κ3) is 8.16. The molecule has 1 aromatic carbocycles. The van der Waals surface area contributed by atoms with E-state index < -0.39 is 0 Å². The Morgan fingerprint density at radius 3 is 2.55 bits per heavy atom. The minimum Gasteiger partial charge on any atom is -0.381 e. The van der Waals surface area contributed by atoms with Crippen molar-refractivity contribution in [2.24, 2.45) is 5.92 Å². The van der Waals surface area contributed by atoms with Gasteiger partial charge < -0.3 is 4.74 Å². The molecule has 0 radical (unpaired) electrons. The summed E-state index contributed by atoms with van der Waals surface area (Å²) in [4.78, 5) is 0. The van der Waals surface area contributed by atoms with Crippen molar-refractivity contribution in [3.63, 3.8) is 0 Å². The largest absolute Gasteiger partial charge is 0.381 e. The van der Waals surface area contributed by atoms with E-state index in [1.807, 2.05) is 0 Å². The molecule has 0 amide bonds. The number of hydrogen-bond acceptors (Lipinski definition) is 1. The Balaban J connectivity index is 2.33. The Kier molecular flexibility index (Phi) is 9.95. The van der Waals surface area contributed by atoms with E-state index in [2.05, 4.69) is 56.3 Å². The molecule has 0 aliphatic rings. The van der Waals surface area contributed by atoms with E-state index in [0.717, 1.165) is 19.6 Å². The highest BCUT2D eigenvalue weighted by Crippen LogP contribution is 2.16. The standard InChI is InChI=1S/C19H30O/c1-3-5-6-8-14-19(17-20-4-2)16-11-15-18-12-9-7-10-13-18/h7,9-13,15,19H,3-6,8,14,16-17H2,1-2H3. The Bertz CT molecular complexity index is 342. The summed E-state index contributed by atoms with van der Waals surface area (Å²) in [5, 5.41) is 0. The molecular formula is C19H30O. The maximum Gasteiger partial charge on any atom is 0.0497 e. The van der Waals surface area contributed by atoms with Crippen LogP contribution in [0.4, 0.5) is 0 Å². The predicted octanol–water partition coefficient (Wildman–Crippen LogP) is 5.71. The molecule has 0 aliphatic heterocycles. The van der Waals surface area contributed by atoms with E-state index in [4.69, 9.17) is 4.74 Å². The van der Waals surface area contributed by atoms with Crippen LogP contribution < -0.4 is 0 Å². The second kappa shape index (κ2) is 11.7. The summed E-state index contributed by atoms with van der Waals surface area (Å²) in [6.45, 7) is 6.07. The molecule has 1 nitrogen and oxygen atoms in total. The van der Waals surface area contributed by atoms with Crippen molar-refractivity contribution in [3.8, 4) is 0 Å². The van der Waals surface area contributed by atoms with E-state index in [1.165, 1.54) is 37.7 Å². The molecule has 0 bridgehead atoms. The lowest BCUT2D eigenvalue weighted by Gasteiger charge is -2.14. The van der Waals surface area contributed by atoms with Crippen LogP contribution in [0.15, 0.2) is 36.4 Å². The molecule has 0 saturated heterocycles. The molecule has 1 unspecified atom stereocenters. The average molecular weight is 274 g/mol. The van der Waals surface area contributed by atoms with E-state index in [1.54, 1.807) is 0 Å². The zero-order valence-corrected chi connectivity index (χ0v) is 13.2. The predicted molar refractivity (Wildman–Crippen MR) is 88.8 cm³/mol. The zero-order valence-electron chi connectivity index (χ0n) is 13.2. The third-order valence-corrected chi connectivity index (χ3v) is 3.60. The maximum atomic E-state index is 5.62. The van der Waals surface area contributed by atoms with Crippen LogP contribution in [-0.2, 0) is 4.74 Å². The van der Waals surface area contributed by atoms with Gasteiger partial charge in [-0.05, 0) is 31.2 Å². The van der Waals surface area contributed by atoms with Crippen molar-refractivity contribution < 1.29 is 4.74 Å². The Morgan fingerprint density at radius 1 is 1.05 bits per heavy atom. The summed E-state index contributed by atoms with van der Waals surface area (Å²) in [6.07, 6.45) is 12.3. The van der Waals surface area contributed by atoms with Gasteiger partial charge in [0.1, 0.15) is 0 Å². The van der Waals surface area contributed by atoms with Gasteiger partial charge in [0.25, 0.3) is 0 Å². The summed E-state index contributed by atoms with van der Waals surface area (Å²) >= 11 is 0. The lowest BCUT2D eigenvalue weighted by molar-refractivity contribution is 0.107. The van der Waals surface area contributed by atoms with E-state index in [9.17, 15) is 0 Å². The van der Waals surface area contributed by atoms with Crippen LogP contribution in [0.5, 0.6) is 0 Å². The summed E-state index contributed by atoms with van der Waals surface area (Å²) in [5.74, 6) is 0.673. The van der Waals surface area contributed by atoms with Crippen molar-refractivity contribution in [2.45, 2.75) is 52.4 Å². The normalized spacial score (nSPS) is 12.9. The fraction of sp³-hybridized carbons (Fsp3) is 0.579. The first kappa shape index (κ1) is 17.0. The molecule has 112 valence electrons. The highest BCUT2D eigenvalue weighted by atomic mass is 16.5. The van der Waals surface area contributed by atoms with Crippen molar-refractivity contribution in [1.82, 2.24) is 0 Å². The number of benzene rings is 1. The fourth-order valence-electron chi connectivity index (χ4n) is 2.37. The summed E-state index contributed by atoms with van der Waals surface area (Å²) < 4.78 is 5.62. The molecule has 20 heavy (non-hydrogen) atoms. The Labute approximate surface area is 125 Å². The van der Waals surface area contributed by atoms with Crippen LogP contribution in [0.3, 0.4) is 0 Å². The molecule has 0 heterocycles. The molecule has 0 aliphatic carbocycles. The average Bonchev–Trinajstić information content (AvgIpc) is 2.49. The summed E-state index contributed by atoms with van der Waals surface area (Å²) in [5.41, 5.74) is 1.29. The van der Waals surface area contributed by atoms with Gasteiger partial charge in [0, 0.05) is 13.2 Å². The van der Waals surface area contributed by atoms with Crippen molar-refractivity contribution in [3.05, 3.63) is 42.0 Å². The highest BCUT2D eigenvalue weighted by molar-refractivity contribution is 5.48. The molecule has 1 rings (SSSR count). The molecule has 0 fully saturated rings. The van der Waals surface area contributed by atoms with Gasteiger partial charge in [-0.3, -0.25) is 0 Å². The van der Waals surface area contributed by atoms with Gasteiger partial charge in [0.05, 0.1) is 0 Å². The molecule has 0 aromatic heterocycles. The number of ether oxygens (including phenoxy) is 1. The van der Waals surface area contributed by atoms with Crippen molar-refractivity contribution >= 4 is 6.08 Å². The Morgan fingerprint density at radius 2 is 1.85 bits per heavy atom. The first-order valence-electron chi connectivity index (χ1n) is 8.16. The minimum atomic E-state index is 0.673. The second-order valence-electron chi connectivity index (χ2n) is 5.42. The lowest BCUT2D eigenvalue weighted by atomic mass is 9.97. The topological polar surface area (TPSA) is 9.23 Å². The number of unbranched alkanes of at least 4 members (excludes halogenated alkanes) is 3. The van der Waals surface area contributed by atoms with Crippen LogP contribution in [0.1, 0.15) is 57.9 Å². The maximum absolute atomic E-state index is 5.62. The molecule has 0 saturated carbocycles. The van der Waals surface area contributed by atoms with Gasteiger partial charge in [-0.2, -0.15) is 0 Å². The van der Waals surface area contributed by atoms with Gasteiger partial charge in [-0.1, -0.05) is 75.1 Å². The smallest absolute Gasteiger partial charge is 0.0497 e. The van der Waals surface area contributed by atoms with E-state index >= 15 is 0 Å². The minimum absolute atomic E-state index is 0.673. The molecular weight excluding hydrogens is 244 g/mol. The van der Waals surface area contributed by atoms with Crippen LogP contribution in [-0.4, -0.2) is 13.2 Å². The van der Waals surface area contributed by atoms with Crippen LogP contribution >= 0.6 is 0 Å². The van der Waals surface area contributed by atoms with Crippen LogP contribution in [0.25, 0.3) is 6.08 Å². The van der Waals surface area contributed by atoms with Gasteiger partial charge in [0.15, 0.2) is 0 Å². The van der Waals surface area contributed by atoms with Crippen LogP contribution in [0, 0.1) is 5.92 Å². The van der Waals surface area contributed by atoms with E-state index in [0.29, 0.717) is 5.92 Å². The quantitative estimate of drug-likeness (QED) is 0.469. The Hall–Kier alpha value is -1.08. The molecule has 0 N–H and O–H groups in total. The van der Waals surface area contributed by atoms with Crippen LogP contribution in [0.2, 0.25) is 0 Å². The molecule has 1 atom stereocenters. The first-order valence-corrected chi connectivity index (χ1v) is 8.16. The van der Waals surface area contributed by atoms with Crippen molar-refractivity contribution in [2.75, 3.05) is 13.2 Å². The first-order chi connectivity index (χ1) is 9.86. The molecule has 0 spiro atoms. The number of allylic oxidation sites excluding steroid dienone is 1. The molecule has 1 aromatic rings. The SMILES string of the molecule is CCCCCCC(CC=Cc1ccccc1)COCC. The molecule has 1 heteroatoms. The summed E-state index contributed by atoms with van der Waals surface area (Å²) in [7, 11) is 0. The summed E-state index contributed by atoms with van der Waals surface area (Å²) in [6, 6.07) is 10.5. The van der Waals surface area contributed by atoms with E-state index in [-0.39, 0.29) is 0 Å². The van der Waals surface area contributed by atoms with Gasteiger partial charge >= 0.3 is 0 Å². The monoisotopic (exact) mass is 274 g/mol. The highest BCUT2D eigenvalue weighted by Gasteiger charge is 2.06. The number of hydrogen-bond donors (Lipinski definition) is 0.